The molecule has 0 bridgehead atoms. The summed E-state index contributed by atoms with van der Waals surface area (Å²) in [5.74, 6) is -0.0129. The highest BCUT2D eigenvalue weighted by Gasteiger charge is 2.19. The monoisotopic (exact) mass is 285 g/mol. The van der Waals surface area contributed by atoms with Crippen molar-refractivity contribution in [1.29, 1.82) is 0 Å². The summed E-state index contributed by atoms with van der Waals surface area (Å²) in [4.78, 5) is 16.7. The molecular formula is C17H23N3O. The predicted octanol–water partition coefficient (Wildman–Crippen LogP) is 3.26. The maximum absolute atomic E-state index is 12.2. The van der Waals surface area contributed by atoms with Crippen molar-refractivity contribution in [2.24, 2.45) is 0 Å². The van der Waals surface area contributed by atoms with Crippen LogP contribution in [0.15, 0.2) is 30.3 Å². The number of nitrogens with one attached hydrogen (secondary N) is 2. The predicted molar refractivity (Wildman–Crippen MR) is 87.5 cm³/mol. The van der Waals surface area contributed by atoms with Gasteiger partial charge in [0.25, 0.3) is 0 Å². The van der Waals surface area contributed by atoms with Crippen LogP contribution in [0, 0.1) is 6.92 Å². The molecular weight excluding hydrogens is 262 g/mol. The summed E-state index contributed by atoms with van der Waals surface area (Å²) >= 11 is 0. The SMILES string of the molecule is Cc1cc(NC(C)C(=O)NC(C)(C)C)c2ccccc2n1. The zero-order valence-corrected chi connectivity index (χ0v) is 13.3. The molecule has 1 amide bonds. The maximum Gasteiger partial charge on any atom is 0.242 e. The average Bonchev–Trinajstić information content (AvgIpc) is 2.36. The number of hydrogen-bond donors (Lipinski definition) is 2. The molecule has 0 radical (unpaired) electrons. The van der Waals surface area contributed by atoms with Gasteiger partial charge in [-0.25, -0.2) is 0 Å². The number of carbonyl (C=O) groups excluding carboxylic acids is 1. The Bertz CT molecular complexity index is 659. The van der Waals surface area contributed by atoms with Crippen molar-refractivity contribution in [2.75, 3.05) is 5.32 Å². The second-order valence-corrected chi connectivity index (χ2v) is 6.43. The van der Waals surface area contributed by atoms with E-state index in [4.69, 9.17) is 0 Å². The van der Waals surface area contributed by atoms with Gasteiger partial charge in [0.2, 0.25) is 5.91 Å². The van der Waals surface area contributed by atoms with Crippen LogP contribution in [0.2, 0.25) is 0 Å². The van der Waals surface area contributed by atoms with E-state index in [9.17, 15) is 4.79 Å². The molecule has 0 saturated carbocycles. The van der Waals surface area contributed by atoms with E-state index in [0.29, 0.717) is 0 Å². The van der Waals surface area contributed by atoms with E-state index < -0.39 is 0 Å². The Morgan fingerprint density at radius 1 is 1.24 bits per heavy atom. The van der Waals surface area contributed by atoms with Crippen molar-refractivity contribution in [2.45, 2.75) is 46.2 Å². The van der Waals surface area contributed by atoms with E-state index in [-0.39, 0.29) is 17.5 Å². The minimum atomic E-state index is -0.311. The molecule has 2 aromatic rings. The molecule has 1 aromatic heterocycles. The Kier molecular flexibility index (Phi) is 4.16. The summed E-state index contributed by atoms with van der Waals surface area (Å²) < 4.78 is 0. The lowest BCUT2D eigenvalue weighted by Gasteiger charge is -2.24. The molecule has 4 heteroatoms. The lowest BCUT2D eigenvalue weighted by molar-refractivity contribution is -0.122. The number of aromatic nitrogens is 1. The minimum absolute atomic E-state index is 0.0129. The quantitative estimate of drug-likeness (QED) is 0.910. The Morgan fingerprint density at radius 3 is 2.57 bits per heavy atom. The van der Waals surface area contributed by atoms with E-state index in [1.165, 1.54) is 0 Å². The van der Waals surface area contributed by atoms with E-state index in [1.54, 1.807) is 0 Å². The molecule has 1 atom stereocenters. The highest BCUT2D eigenvalue weighted by atomic mass is 16.2. The van der Waals surface area contributed by atoms with Gasteiger partial charge in [0.15, 0.2) is 0 Å². The van der Waals surface area contributed by atoms with Crippen molar-refractivity contribution in [3.8, 4) is 0 Å². The van der Waals surface area contributed by atoms with Gasteiger partial charge in [-0.2, -0.15) is 0 Å². The smallest absolute Gasteiger partial charge is 0.242 e. The van der Waals surface area contributed by atoms with Crippen LogP contribution in [-0.4, -0.2) is 22.5 Å². The molecule has 2 N–H and O–H groups in total. The van der Waals surface area contributed by atoms with Crippen LogP contribution < -0.4 is 10.6 Å². The molecule has 21 heavy (non-hydrogen) atoms. The molecule has 112 valence electrons. The standard InChI is InChI=1S/C17H23N3O/c1-11-10-15(13-8-6-7-9-14(13)18-11)19-12(2)16(21)20-17(3,4)5/h6-10,12H,1-5H3,(H,18,19)(H,20,21). The van der Waals surface area contributed by atoms with Gasteiger partial charge in [0, 0.05) is 22.3 Å². The number of aryl methyl sites for hydroxylation is 1. The van der Waals surface area contributed by atoms with Gasteiger partial charge in [-0.05, 0) is 46.8 Å². The van der Waals surface area contributed by atoms with Crippen molar-refractivity contribution < 1.29 is 4.79 Å². The number of carbonyl (C=O) groups is 1. The number of fused-ring (bicyclic) bond motifs is 1. The first-order valence-electron chi connectivity index (χ1n) is 7.21. The molecule has 1 heterocycles. The van der Waals surface area contributed by atoms with Crippen LogP contribution in [0.25, 0.3) is 10.9 Å². The summed E-state index contributed by atoms with van der Waals surface area (Å²) in [5, 5.41) is 7.31. The first kappa shape index (κ1) is 15.3. The van der Waals surface area contributed by atoms with Gasteiger partial charge >= 0.3 is 0 Å². The number of nitrogens with zero attached hydrogens (tertiary/aromatic N) is 1. The number of pyridine rings is 1. The van der Waals surface area contributed by atoms with Crippen LogP contribution in [0.4, 0.5) is 5.69 Å². The van der Waals surface area contributed by atoms with Gasteiger partial charge in [-0.3, -0.25) is 9.78 Å². The molecule has 1 aromatic carbocycles. The number of hydrogen-bond acceptors (Lipinski definition) is 3. The van der Waals surface area contributed by atoms with Crippen molar-refractivity contribution in [1.82, 2.24) is 10.3 Å². The van der Waals surface area contributed by atoms with Gasteiger partial charge < -0.3 is 10.6 Å². The number of para-hydroxylation sites is 1. The third-order valence-corrected chi connectivity index (χ3v) is 3.11. The minimum Gasteiger partial charge on any atom is -0.373 e. The zero-order chi connectivity index (χ0) is 15.6. The number of amides is 1. The Morgan fingerprint density at radius 2 is 1.90 bits per heavy atom. The van der Waals surface area contributed by atoms with Crippen molar-refractivity contribution >= 4 is 22.5 Å². The van der Waals surface area contributed by atoms with Crippen molar-refractivity contribution in [3.63, 3.8) is 0 Å². The molecule has 0 aliphatic carbocycles. The average molecular weight is 285 g/mol. The molecule has 0 aliphatic heterocycles. The normalized spacial score (nSPS) is 13.0. The van der Waals surface area contributed by atoms with Gasteiger partial charge in [-0.15, -0.1) is 0 Å². The first-order chi connectivity index (χ1) is 9.76. The Hall–Kier alpha value is -2.10. The molecule has 0 saturated heterocycles. The lowest BCUT2D eigenvalue weighted by atomic mass is 10.1. The van der Waals surface area contributed by atoms with E-state index >= 15 is 0 Å². The number of benzene rings is 1. The van der Waals surface area contributed by atoms with Crippen LogP contribution in [0.1, 0.15) is 33.4 Å². The maximum atomic E-state index is 12.2. The fourth-order valence-corrected chi connectivity index (χ4v) is 2.20. The van der Waals surface area contributed by atoms with Crippen LogP contribution >= 0.6 is 0 Å². The number of rotatable bonds is 3. The molecule has 0 aliphatic rings. The van der Waals surface area contributed by atoms with Gasteiger partial charge in [0.1, 0.15) is 6.04 Å². The van der Waals surface area contributed by atoms with E-state index in [2.05, 4.69) is 15.6 Å². The topological polar surface area (TPSA) is 54.0 Å². The Labute approximate surface area is 126 Å². The summed E-state index contributed by atoms with van der Waals surface area (Å²) in [6.07, 6.45) is 0. The van der Waals surface area contributed by atoms with E-state index in [1.807, 2.05) is 65.0 Å². The largest absolute Gasteiger partial charge is 0.373 e. The number of anilines is 1. The third-order valence-electron chi connectivity index (χ3n) is 3.11. The van der Waals surface area contributed by atoms with Crippen LogP contribution in [-0.2, 0) is 4.79 Å². The summed E-state index contributed by atoms with van der Waals surface area (Å²) in [6, 6.07) is 9.60. The summed E-state index contributed by atoms with van der Waals surface area (Å²) in [6.45, 7) is 9.75. The molecule has 0 spiro atoms. The fraction of sp³-hybridized carbons (Fsp3) is 0.412. The highest BCUT2D eigenvalue weighted by Crippen LogP contribution is 2.23. The lowest BCUT2D eigenvalue weighted by Crippen LogP contribution is -2.47. The van der Waals surface area contributed by atoms with Crippen LogP contribution in [0.5, 0.6) is 0 Å². The molecule has 2 rings (SSSR count). The summed E-state index contributed by atoms with van der Waals surface area (Å²) in [5.41, 5.74) is 2.57. The molecule has 1 unspecified atom stereocenters. The van der Waals surface area contributed by atoms with Crippen molar-refractivity contribution in [3.05, 3.63) is 36.0 Å². The van der Waals surface area contributed by atoms with E-state index in [0.717, 1.165) is 22.3 Å². The van der Waals surface area contributed by atoms with Crippen LogP contribution in [0.3, 0.4) is 0 Å². The second-order valence-electron chi connectivity index (χ2n) is 6.43. The van der Waals surface area contributed by atoms with Gasteiger partial charge in [-0.1, -0.05) is 18.2 Å². The highest BCUT2D eigenvalue weighted by molar-refractivity contribution is 5.94. The summed E-state index contributed by atoms with van der Waals surface area (Å²) in [7, 11) is 0. The second kappa shape index (κ2) is 5.72. The molecule has 4 nitrogen and oxygen atoms in total. The van der Waals surface area contributed by atoms with Gasteiger partial charge in [0.05, 0.1) is 5.52 Å². The fourth-order valence-electron chi connectivity index (χ4n) is 2.20. The Balaban J connectivity index is 2.25. The molecule has 0 fully saturated rings. The third kappa shape index (κ3) is 3.94. The zero-order valence-electron chi connectivity index (χ0n) is 13.3. The first-order valence-corrected chi connectivity index (χ1v) is 7.21.